The highest BCUT2D eigenvalue weighted by Gasteiger charge is 2.14. The summed E-state index contributed by atoms with van der Waals surface area (Å²) in [6, 6.07) is 8.51. The van der Waals surface area contributed by atoms with Gasteiger partial charge in [0.05, 0.1) is 5.56 Å². The van der Waals surface area contributed by atoms with E-state index >= 15 is 0 Å². The lowest BCUT2D eigenvalue weighted by Gasteiger charge is -2.13. The molecule has 0 saturated heterocycles. The summed E-state index contributed by atoms with van der Waals surface area (Å²) in [5.41, 5.74) is 9.18. The highest BCUT2D eigenvalue weighted by atomic mass is 127. The van der Waals surface area contributed by atoms with Gasteiger partial charge in [0.2, 0.25) is 0 Å². The van der Waals surface area contributed by atoms with E-state index in [9.17, 15) is 9.90 Å². The maximum absolute atomic E-state index is 12.3. The summed E-state index contributed by atoms with van der Waals surface area (Å²) in [4.78, 5) is 12.3. The summed E-state index contributed by atoms with van der Waals surface area (Å²) in [7, 11) is 0. The topological polar surface area (TPSA) is 75.3 Å². The number of halogens is 1. The normalized spacial score (nSPS) is 10.3. The number of hydrogen-bond acceptors (Lipinski definition) is 3. The van der Waals surface area contributed by atoms with Crippen LogP contribution in [0.25, 0.3) is 0 Å². The largest absolute Gasteiger partial charge is 0.507 e. The van der Waals surface area contributed by atoms with Crippen molar-refractivity contribution < 1.29 is 9.90 Å². The molecule has 104 valence electrons. The molecule has 20 heavy (non-hydrogen) atoms. The van der Waals surface area contributed by atoms with Crippen LogP contribution in [0.5, 0.6) is 5.75 Å². The number of phenolic OH excluding ortho intramolecular Hbond substituents is 1. The fourth-order valence-electron chi connectivity index (χ4n) is 2.07. The Kier molecular flexibility index (Phi) is 4.17. The first kappa shape index (κ1) is 14.6. The molecular weight excluding hydrogens is 367 g/mol. The number of rotatable bonds is 2. The van der Waals surface area contributed by atoms with E-state index in [-0.39, 0.29) is 17.2 Å². The number of carbonyl (C=O) groups excluding carboxylic acids is 1. The van der Waals surface area contributed by atoms with Gasteiger partial charge >= 0.3 is 0 Å². The number of anilines is 2. The first-order valence-corrected chi connectivity index (χ1v) is 7.13. The molecule has 4 N–H and O–H groups in total. The van der Waals surface area contributed by atoms with E-state index in [2.05, 4.69) is 27.9 Å². The minimum atomic E-state index is -0.336. The van der Waals surface area contributed by atoms with Crippen molar-refractivity contribution >= 4 is 39.9 Å². The van der Waals surface area contributed by atoms with Gasteiger partial charge in [0.15, 0.2) is 0 Å². The van der Waals surface area contributed by atoms with E-state index < -0.39 is 0 Å². The van der Waals surface area contributed by atoms with Crippen LogP contribution in [0.2, 0.25) is 0 Å². The van der Waals surface area contributed by atoms with Crippen LogP contribution in [0, 0.1) is 17.4 Å². The minimum Gasteiger partial charge on any atom is -0.507 e. The van der Waals surface area contributed by atoms with Crippen molar-refractivity contribution in [3.63, 3.8) is 0 Å². The molecule has 0 aliphatic heterocycles. The van der Waals surface area contributed by atoms with Gasteiger partial charge in [0.1, 0.15) is 5.75 Å². The van der Waals surface area contributed by atoms with Crippen LogP contribution in [0.4, 0.5) is 11.4 Å². The zero-order valence-corrected chi connectivity index (χ0v) is 13.4. The molecule has 0 atom stereocenters. The van der Waals surface area contributed by atoms with E-state index in [1.807, 2.05) is 13.8 Å². The van der Waals surface area contributed by atoms with Crippen molar-refractivity contribution in [2.45, 2.75) is 13.8 Å². The number of aromatic hydroxyl groups is 1. The maximum atomic E-state index is 12.3. The van der Waals surface area contributed by atoms with E-state index in [0.717, 1.165) is 20.4 Å². The molecule has 0 aliphatic carbocycles. The van der Waals surface area contributed by atoms with Gasteiger partial charge in [-0.3, -0.25) is 4.79 Å². The molecule has 2 rings (SSSR count). The van der Waals surface area contributed by atoms with E-state index in [1.54, 1.807) is 24.3 Å². The molecule has 0 aliphatic rings. The summed E-state index contributed by atoms with van der Waals surface area (Å²) in [5, 5.41) is 12.6. The lowest BCUT2D eigenvalue weighted by atomic mass is 10.1. The SMILES string of the molecule is Cc1cc(N)cc(C)c1NC(=O)c1cc(I)ccc1O. The number of nitrogens with one attached hydrogen (secondary N) is 1. The monoisotopic (exact) mass is 382 g/mol. The van der Waals surface area contributed by atoms with Gasteiger partial charge in [-0.15, -0.1) is 0 Å². The fraction of sp³-hybridized carbons (Fsp3) is 0.133. The molecule has 4 nitrogen and oxygen atoms in total. The number of phenols is 1. The van der Waals surface area contributed by atoms with E-state index in [1.165, 1.54) is 6.07 Å². The first-order chi connectivity index (χ1) is 9.38. The summed E-state index contributed by atoms with van der Waals surface area (Å²) in [5.74, 6) is -0.370. The second-order valence-corrected chi connectivity index (χ2v) is 5.89. The van der Waals surface area contributed by atoms with Crippen LogP contribution in [-0.2, 0) is 0 Å². The smallest absolute Gasteiger partial charge is 0.259 e. The Morgan fingerprint density at radius 3 is 2.40 bits per heavy atom. The average molecular weight is 382 g/mol. The molecule has 0 heterocycles. The minimum absolute atomic E-state index is 0.0336. The molecule has 0 spiro atoms. The van der Waals surface area contributed by atoms with Gasteiger partial charge in [-0.25, -0.2) is 0 Å². The average Bonchev–Trinajstić information content (AvgIpc) is 2.36. The van der Waals surface area contributed by atoms with Gasteiger partial charge in [-0.1, -0.05) is 0 Å². The number of amides is 1. The highest BCUT2D eigenvalue weighted by molar-refractivity contribution is 14.1. The Morgan fingerprint density at radius 1 is 1.20 bits per heavy atom. The summed E-state index contributed by atoms with van der Waals surface area (Å²) < 4.78 is 0.885. The van der Waals surface area contributed by atoms with Crippen molar-refractivity contribution in [2.24, 2.45) is 0 Å². The van der Waals surface area contributed by atoms with Gasteiger partial charge in [0.25, 0.3) is 5.91 Å². The Balaban J connectivity index is 2.35. The van der Waals surface area contributed by atoms with Crippen molar-refractivity contribution in [3.8, 4) is 5.75 Å². The van der Waals surface area contributed by atoms with Crippen LogP contribution >= 0.6 is 22.6 Å². The van der Waals surface area contributed by atoms with Crippen molar-refractivity contribution in [1.82, 2.24) is 0 Å². The number of benzene rings is 2. The molecule has 5 heteroatoms. The number of nitrogens with two attached hydrogens (primary N) is 1. The zero-order chi connectivity index (χ0) is 14.9. The molecule has 1 amide bonds. The Hall–Kier alpha value is -1.76. The zero-order valence-electron chi connectivity index (χ0n) is 11.2. The Bertz CT molecular complexity index is 661. The molecule has 2 aromatic rings. The van der Waals surface area contributed by atoms with Crippen LogP contribution in [0.3, 0.4) is 0 Å². The fourth-order valence-corrected chi connectivity index (χ4v) is 2.56. The maximum Gasteiger partial charge on any atom is 0.259 e. The lowest BCUT2D eigenvalue weighted by molar-refractivity contribution is 0.102. The number of aryl methyl sites for hydroxylation is 2. The van der Waals surface area contributed by atoms with E-state index in [4.69, 9.17) is 5.73 Å². The first-order valence-electron chi connectivity index (χ1n) is 6.05. The van der Waals surface area contributed by atoms with E-state index in [0.29, 0.717) is 5.69 Å². The number of nitrogen functional groups attached to an aromatic ring is 1. The predicted octanol–water partition coefficient (Wildman–Crippen LogP) is 3.45. The highest BCUT2D eigenvalue weighted by Crippen LogP contribution is 2.26. The van der Waals surface area contributed by atoms with Gasteiger partial charge in [-0.2, -0.15) is 0 Å². The quantitative estimate of drug-likeness (QED) is 0.550. The summed E-state index contributed by atoms with van der Waals surface area (Å²) in [6.45, 7) is 3.77. The number of hydrogen-bond donors (Lipinski definition) is 3. The Morgan fingerprint density at radius 2 is 1.80 bits per heavy atom. The standard InChI is InChI=1S/C15H15IN2O2/c1-8-5-11(17)6-9(2)14(8)18-15(20)12-7-10(16)3-4-13(12)19/h3-7,19H,17H2,1-2H3,(H,18,20). The van der Waals surface area contributed by atoms with Crippen molar-refractivity contribution in [3.05, 3.63) is 50.6 Å². The molecule has 0 saturated carbocycles. The van der Waals surface area contributed by atoms with Gasteiger partial charge < -0.3 is 16.2 Å². The lowest BCUT2D eigenvalue weighted by Crippen LogP contribution is -2.14. The van der Waals surface area contributed by atoms with Crippen LogP contribution < -0.4 is 11.1 Å². The van der Waals surface area contributed by atoms with Crippen LogP contribution in [0.15, 0.2) is 30.3 Å². The second-order valence-electron chi connectivity index (χ2n) is 4.65. The third kappa shape index (κ3) is 3.04. The molecule has 0 aromatic heterocycles. The second kappa shape index (κ2) is 5.70. The molecular formula is C15H15IN2O2. The predicted molar refractivity (Wildman–Crippen MR) is 89.1 cm³/mol. The Labute approximate surface area is 131 Å². The molecule has 2 aromatic carbocycles. The van der Waals surface area contributed by atoms with Gasteiger partial charge in [-0.05, 0) is 77.9 Å². The molecule has 0 radical (unpaired) electrons. The van der Waals surface area contributed by atoms with Crippen molar-refractivity contribution in [2.75, 3.05) is 11.1 Å². The van der Waals surface area contributed by atoms with Gasteiger partial charge in [0, 0.05) is 14.9 Å². The molecule has 0 fully saturated rings. The third-order valence-corrected chi connectivity index (χ3v) is 3.67. The summed E-state index contributed by atoms with van der Waals surface area (Å²) in [6.07, 6.45) is 0. The van der Waals surface area contributed by atoms with Crippen molar-refractivity contribution in [1.29, 1.82) is 0 Å². The summed E-state index contributed by atoms with van der Waals surface area (Å²) >= 11 is 2.10. The number of carbonyl (C=O) groups is 1. The molecule has 0 unspecified atom stereocenters. The molecule has 0 bridgehead atoms. The third-order valence-electron chi connectivity index (χ3n) is 3.00. The van der Waals surface area contributed by atoms with Crippen LogP contribution in [-0.4, -0.2) is 11.0 Å². The van der Waals surface area contributed by atoms with Crippen LogP contribution in [0.1, 0.15) is 21.5 Å².